The van der Waals surface area contributed by atoms with Gasteiger partial charge in [0.15, 0.2) is 11.5 Å². The lowest BCUT2D eigenvalue weighted by atomic mass is 10.1. The number of anilines is 3. The quantitative estimate of drug-likeness (QED) is 0.283. The maximum absolute atomic E-state index is 6.39. The lowest BCUT2D eigenvalue weighted by Crippen LogP contribution is -2.11. The minimum absolute atomic E-state index is 0.878. The van der Waals surface area contributed by atoms with E-state index in [1.54, 1.807) is 0 Å². The first-order chi connectivity index (χ1) is 16.4. The van der Waals surface area contributed by atoms with Crippen molar-refractivity contribution in [3.8, 4) is 17.2 Å². The lowest BCUT2D eigenvalue weighted by Gasteiger charge is -2.28. The molecule has 0 N–H and O–H groups in total. The minimum atomic E-state index is 0.878. The summed E-state index contributed by atoms with van der Waals surface area (Å²) in [6, 6.07) is 42.2. The van der Waals surface area contributed by atoms with Crippen molar-refractivity contribution in [2.45, 2.75) is 0 Å². The molecular weight excluding hydrogens is 404 g/mol. The van der Waals surface area contributed by atoms with Crippen LogP contribution in [-0.2, 0) is 0 Å². The molecule has 3 heteroatoms. The van der Waals surface area contributed by atoms with Crippen molar-refractivity contribution in [1.29, 1.82) is 0 Å². The molecule has 156 valence electrons. The van der Waals surface area contributed by atoms with Gasteiger partial charge in [-0.1, -0.05) is 66.7 Å². The van der Waals surface area contributed by atoms with E-state index in [1.165, 1.54) is 16.3 Å². The van der Waals surface area contributed by atoms with Crippen molar-refractivity contribution < 1.29 is 4.74 Å². The molecule has 6 aromatic rings. The first kappa shape index (κ1) is 18.1. The van der Waals surface area contributed by atoms with Crippen LogP contribution in [0.15, 0.2) is 121 Å². The van der Waals surface area contributed by atoms with E-state index in [0.717, 1.165) is 39.8 Å². The summed E-state index contributed by atoms with van der Waals surface area (Å²) in [4.78, 5) is 2.33. The Labute approximate surface area is 191 Å². The first-order valence-electron chi connectivity index (χ1n) is 11.1. The number of benzene rings is 5. The average molecular weight is 425 g/mol. The number of ether oxygens (including phenoxy) is 1. The number of rotatable bonds is 3. The second-order valence-corrected chi connectivity index (χ2v) is 8.24. The van der Waals surface area contributed by atoms with Crippen LogP contribution in [0.3, 0.4) is 0 Å². The van der Waals surface area contributed by atoms with Crippen molar-refractivity contribution in [2.24, 2.45) is 0 Å². The Balaban J connectivity index is 1.63. The lowest BCUT2D eigenvalue weighted by molar-refractivity contribution is 0.476. The van der Waals surface area contributed by atoms with Gasteiger partial charge in [-0.05, 0) is 54.6 Å². The van der Waals surface area contributed by atoms with Gasteiger partial charge in [-0.25, -0.2) is 0 Å². The second-order valence-electron chi connectivity index (χ2n) is 8.24. The van der Waals surface area contributed by atoms with E-state index in [1.807, 2.05) is 12.1 Å². The molecule has 5 aromatic carbocycles. The third-order valence-electron chi connectivity index (χ3n) is 6.35. The number of hydrogen-bond donors (Lipinski definition) is 0. The van der Waals surface area contributed by atoms with Crippen LogP contribution < -0.4 is 9.64 Å². The van der Waals surface area contributed by atoms with E-state index < -0.39 is 0 Å². The summed E-state index contributed by atoms with van der Waals surface area (Å²) in [5, 5.41) is 2.40. The summed E-state index contributed by atoms with van der Waals surface area (Å²) in [6.45, 7) is 0. The Morgan fingerprint density at radius 2 is 1.18 bits per heavy atom. The molecule has 1 aliphatic rings. The predicted molar refractivity (Wildman–Crippen MR) is 136 cm³/mol. The number of aromatic nitrogens is 1. The Bertz CT molecular complexity index is 1600. The summed E-state index contributed by atoms with van der Waals surface area (Å²) < 4.78 is 8.73. The molecule has 0 saturated heterocycles. The van der Waals surface area contributed by atoms with Gasteiger partial charge in [0.1, 0.15) is 0 Å². The Hall–Kier alpha value is -4.50. The van der Waals surface area contributed by atoms with E-state index in [4.69, 9.17) is 4.74 Å². The van der Waals surface area contributed by atoms with Gasteiger partial charge in [-0.15, -0.1) is 0 Å². The Morgan fingerprint density at radius 3 is 1.94 bits per heavy atom. The minimum Gasteiger partial charge on any atom is -0.453 e. The molecule has 0 unspecified atom stereocenters. The molecule has 0 spiro atoms. The molecule has 0 aliphatic carbocycles. The fourth-order valence-corrected chi connectivity index (χ4v) is 5.00. The highest BCUT2D eigenvalue weighted by molar-refractivity contribution is 6.18. The maximum atomic E-state index is 6.39. The highest BCUT2D eigenvalue weighted by Crippen LogP contribution is 2.50. The number of fused-ring (bicyclic) bond motifs is 5. The molecule has 0 atom stereocenters. The molecule has 0 amide bonds. The van der Waals surface area contributed by atoms with Gasteiger partial charge in [0.05, 0.1) is 22.4 Å². The monoisotopic (exact) mass is 424 g/mol. The van der Waals surface area contributed by atoms with Gasteiger partial charge in [0.2, 0.25) is 0 Å². The van der Waals surface area contributed by atoms with Crippen LogP contribution in [0, 0.1) is 0 Å². The number of para-hydroxylation sites is 5. The number of nitrogens with zero attached hydrogens (tertiary/aromatic N) is 2. The normalized spacial score (nSPS) is 11.9. The fraction of sp³-hybridized carbons (Fsp3) is 0. The largest absolute Gasteiger partial charge is 0.453 e. The van der Waals surface area contributed by atoms with Crippen molar-refractivity contribution in [2.75, 3.05) is 4.90 Å². The topological polar surface area (TPSA) is 17.4 Å². The molecule has 0 fully saturated rings. The van der Waals surface area contributed by atoms with Crippen molar-refractivity contribution >= 4 is 38.9 Å². The molecular formula is C30H20N2O. The fourth-order valence-electron chi connectivity index (χ4n) is 5.00. The van der Waals surface area contributed by atoms with E-state index in [2.05, 4.69) is 119 Å². The molecule has 33 heavy (non-hydrogen) atoms. The highest BCUT2D eigenvalue weighted by atomic mass is 16.5. The first-order valence-corrected chi connectivity index (χ1v) is 11.1. The SMILES string of the molecule is c1ccc(N(c2ccccc2)c2ccc3c4c2c2ccccc2n4-c2ccccc2O3)cc1. The third-order valence-corrected chi connectivity index (χ3v) is 6.35. The van der Waals surface area contributed by atoms with Crippen LogP contribution in [0.5, 0.6) is 11.5 Å². The molecule has 3 nitrogen and oxygen atoms in total. The van der Waals surface area contributed by atoms with Crippen molar-refractivity contribution in [1.82, 2.24) is 4.57 Å². The van der Waals surface area contributed by atoms with Gasteiger partial charge >= 0.3 is 0 Å². The van der Waals surface area contributed by atoms with Crippen LogP contribution in [0.2, 0.25) is 0 Å². The van der Waals surface area contributed by atoms with Gasteiger partial charge in [0, 0.05) is 22.1 Å². The summed E-state index contributed by atoms with van der Waals surface area (Å²) >= 11 is 0. The van der Waals surface area contributed by atoms with Gasteiger partial charge in [0.25, 0.3) is 0 Å². The molecule has 2 heterocycles. The standard InChI is InChI=1S/C30H20N2O/c1-3-11-21(12-4-1)31(22-13-5-2-6-14-22)26-19-20-28-30-29(26)23-15-7-8-16-24(23)32(30)25-17-9-10-18-27(25)33-28/h1-20H. The molecule has 0 radical (unpaired) electrons. The van der Waals surface area contributed by atoms with E-state index in [-0.39, 0.29) is 0 Å². The zero-order chi connectivity index (χ0) is 21.8. The number of hydrogen-bond acceptors (Lipinski definition) is 2. The van der Waals surface area contributed by atoms with Crippen molar-refractivity contribution in [3.63, 3.8) is 0 Å². The zero-order valence-electron chi connectivity index (χ0n) is 17.8. The van der Waals surface area contributed by atoms with Crippen LogP contribution in [0.4, 0.5) is 17.1 Å². The van der Waals surface area contributed by atoms with E-state index in [9.17, 15) is 0 Å². The van der Waals surface area contributed by atoms with Gasteiger partial charge in [-0.2, -0.15) is 0 Å². The highest BCUT2D eigenvalue weighted by Gasteiger charge is 2.27. The molecule has 0 bridgehead atoms. The van der Waals surface area contributed by atoms with Crippen LogP contribution in [-0.4, -0.2) is 4.57 Å². The average Bonchev–Trinajstić information content (AvgIpc) is 3.24. The zero-order valence-corrected chi connectivity index (χ0v) is 17.8. The molecule has 1 aliphatic heterocycles. The third kappa shape index (κ3) is 2.63. The smallest absolute Gasteiger partial charge is 0.152 e. The summed E-state index contributed by atoms with van der Waals surface area (Å²) in [6.07, 6.45) is 0. The van der Waals surface area contributed by atoms with Crippen LogP contribution >= 0.6 is 0 Å². The molecule has 1 aromatic heterocycles. The molecule has 0 saturated carbocycles. The summed E-state index contributed by atoms with van der Waals surface area (Å²) in [7, 11) is 0. The Kier molecular flexibility index (Phi) is 3.84. The van der Waals surface area contributed by atoms with E-state index >= 15 is 0 Å². The maximum Gasteiger partial charge on any atom is 0.152 e. The van der Waals surface area contributed by atoms with Gasteiger partial charge < -0.3 is 14.2 Å². The van der Waals surface area contributed by atoms with Crippen LogP contribution in [0.1, 0.15) is 0 Å². The van der Waals surface area contributed by atoms with Gasteiger partial charge in [-0.3, -0.25) is 0 Å². The predicted octanol–water partition coefficient (Wildman–Crippen LogP) is 8.36. The van der Waals surface area contributed by atoms with Crippen LogP contribution in [0.25, 0.3) is 27.5 Å². The second kappa shape index (κ2) is 7.01. The summed E-state index contributed by atoms with van der Waals surface area (Å²) in [5.41, 5.74) is 6.71. The summed E-state index contributed by atoms with van der Waals surface area (Å²) in [5.74, 6) is 1.76. The van der Waals surface area contributed by atoms with Crippen molar-refractivity contribution in [3.05, 3.63) is 121 Å². The van der Waals surface area contributed by atoms with E-state index in [0.29, 0.717) is 0 Å². The Morgan fingerprint density at radius 1 is 0.545 bits per heavy atom. The molecule has 7 rings (SSSR count).